The molecule has 33 heavy (non-hydrogen) atoms. The number of carboxylic acid groups (broad SMARTS) is 1. The van der Waals surface area contributed by atoms with E-state index in [2.05, 4.69) is 20.9 Å². The lowest BCUT2D eigenvalue weighted by Crippen LogP contribution is -2.57. The number of carboxylic acids is 1. The second kappa shape index (κ2) is 12.0. The second-order valence-electron chi connectivity index (χ2n) is 8.22. The maximum absolute atomic E-state index is 13.0. The Morgan fingerprint density at radius 2 is 1.70 bits per heavy atom. The van der Waals surface area contributed by atoms with E-state index in [1.165, 1.54) is 0 Å². The molecule has 0 unspecified atom stereocenters. The summed E-state index contributed by atoms with van der Waals surface area (Å²) in [6, 6.07) is 4.16. The molecule has 3 amide bonds. The van der Waals surface area contributed by atoms with Crippen LogP contribution in [0.15, 0.2) is 30.5 Å². The van der Waals surface area contributed by atoms with Crippen LogP contribution in [0, 0.1) is 5.92 Å². The van der Waals surface area contributed by atoms with Gasteiger partial charge in [-0.25, -0.2) is 0 Å². The highest BCUT2D eigenvalue weighted by Gasteiger charge is 2.29. The largest absolute Gasteiger partial charge is 0.480 e. The number of aromatic amines is 1. The van der Waals surface area contributed by atoms with Crippen LogP contribution >= 0.6 is 0 Å². The number of hydrogen-bond donors (Lipinski definition) is 7. The lowest BCUT2D eigenvalue weighted by atomic mass is 10.0. The van der Waals surface area contributed by atoms with Crippen molar-refractivity contribution in [3.8, 4) is 0 Å². The first-order valence-corrected chi connectivity index (χ1v) is 10.6. The van der Waals surface area contributed by atoms with Crippen LogP contribution in [0.5, 0.6) is 0 Å². The van der Waals surface area contributed by atoms with Gasteiger partial charge in [0.25, 0.3) is 0 Å². The SMILES string of the molecule is CC(C)C[C@H](N)C(=O)N[C@@H](Cc1c[nH]c2ccccc12)C(=O)N[C@@H](CO)C(=O)NCC(=O)O. The topological polar surface area (TPSA) is 187 Å². The number of fused-ring (bicyclic) bond motifs is 1. The quantitative estimate of drug-likeness (QED) is 0.216. The summed E-state index contributed by atoms with van der Waals surface area (Å²) in [6.45, 7) is 2.43. The number of H-pyrrole nitrogens is 1. The number of carbonyl (C=O) groups excluding carboxylic acids is 3. The number of aromatic nitrogens is 1. The predicted octanol–water partition coefficient (Wildman–Crippen LogP) is -0.753. The average molecular weight is 462 g/mol. The molecule has 11 heteroatoms. The fourth-order valence-electron chi connectivity index (χ4n) is 3.38. The number of aliphatic hydroxyl groups is 1. The molecule has 3 atom stereocenters. The number of rotatable bonds is 12. The lowest BCUT2D eigenvalue weighted by Gasteiger charge is -2.23. The summed E-state index contributed by atoms with van der Waals surface area (Å²) in [5, 5.41) is 26.2. The monoisotopic (exact) mass is 461 g/mol. The molecule has 0 aliphatic carbocycles. The van der Waals surface area contributed by atoms with Gasteiger partial charge < -0.3 is 36.9 Å². The van der Waals surface area contributed by atoms with Gasteiger partial charge in [-0.15, -0.1) is 0 Å². The van der Waals surface area contributed by atoms with Crippen LogP contribution in [0.2, 0.25) is 0 Å². The van der Waals surface area contributed by atoms with Gasteiger partial charge in [-0.2, -0.15) is 0 Å². The molecule has 0 aliphatic rings. The number of para-hydroxylation sites is 1. The Morgan fingerprint density at radius 1 is 1.03 bits per heavy atom. The van der Waals surface area contributed by atoms with Crippen LogP contribution in [-0.2, 0) is 25.6 Å². The van der Waals surface area contributed by atoms with Crippen molar-refractivity contribution in [1.82, 2.24) is 20.9 Å². The third kappa shape index (κ3) is 7.58. The van der Waals surface area contributed by atoms with E-state index in [1.54, 1.807) is 6.20 Å². The van der Waals surface area contributed by atoms with Gasteiger partial charge >= 0.3 is 5.97 Å². The van der Waals surface area contributed by atoms with Crippen molar-refractivity contribution in [3.63, 3.8) is 0 Å². The fraction of sp³-hybridized carbons (Fsp3) is 0.455. The Hall–Kier alpha value is -3.44. The van der Waals surface area contributed by atoms with E-state index >= 15 is 0 Å². The van der Waals surface area contributed by atoms with E-state index in [0.717, 1.165) is 16.5 Å². The van der Waals surface area contributed by atoms with Crippen molar-refractivity contribution in [3.05, 3.63) is 36.0 Å². The Labute approximate surface area is 191 Å². The fourth-order valence-corrected chi connectivity index (χ4v) is 3.38. The number of carbonyl (C=O) groups is 4. The zero-order valence-electron chi connectivity index (χ0n) is 18.6. The third-order valence-electron chi connectivity index (χ3n) is 5.02. The van der Waals surface area contributed by atoms with Gasteiger partial charge in [-0.05, 0) is 24.0 Å². The van der Waals surface area contributed by atoms with Gasteiger partial charge in [-0.3, -0.25) is 19.2 Å². The molecule has 1 aromatic carbocycles. The van der Waals surface area contributed by atoms with Gasteiger partial charge in [-0.1, -0.05) is 32.0 Å². The van der Waals surface area contributed by atoms with Crippen molar-refractivity contribution in [1.29, 1.82) is 0 Å². The standard InChI is InChI=1S/C22H31N5O6/c1-12(2)7-15(23)20(31)26-17(8-13-9-24-16-6-4-3-5-14(13)16)22(33)27-18(11-28)21(32)25-10-19(29)30/h3-6,9,12,15,17-18,24,28H,7-8,10-11,23H2,1-2H3,(H,25,32)(H,26,31)(H,27,33)(H,29,30)/t15-,17-,18-/m0/s1. The van der Waals surface area contributed by atoms with E-state index in [-0.39, 0.29) is 12.3 Å². The van der Waals surface area contributed by atoms with E-state index in [0.29, 0.717) is 6.42 Å². The average Bonchev–Trinajstić information content (AvgIpc) is 3.17. The smallest absolute Gasteiger partial charge is 0.322 e. The van der Waals surface area contributed by atoms with Gasteiger partial charge in [0, 0.05) is 23.5 Å². The van der Waals surface area contributed by atoms with Gasteiger partial charge in [0.2, 0.25) is 17.7 Å². The number of nitrogens with two attached hydrogens (primary N) is 1. The molecule has 2 aromatic rings. The normalized spacial score (nSPS) is 13.8. The van der Waals surface area contributed by atoms with Crippen LogP contribution in [0.3, 0.4) is 0 Å². The highest BCUT2D eigenvalue weighted by Crippen LogP contribution is 2.19. The molecule has 0 fully saturated rings. The van der Waals surface area contributed by atoms with Gasteiger partial charge in [0.1, 0.15) is 18.6 Å². The van der Waals surface area contributed by atoms with Crippen molar-refractivity contribution >= 4 is 34.6 Å². The number of aliphatic hydroxyl groups excluding tert-OH is 1. The molecule has 1 heterocycles. The maximum Gasteiger partial charge on any atom is 0.322 e. The van der Waals surface area contributed by atoms with Crippen LogP contribution in [0.1, 0.15) is 25.8 Å². The lowest BCUT2D eigenvalue weighted by molar-refractivity contribution is -0.139. The van der Waals surface area contributed by atoms with E-state index in [9.17, 15) is 24.3 Å². The van der Waals surface area contributed by atoms with Crippen molar-refractivity contribution in [2.45, 2.75) is 44.8 Å². The Bertz CT molecular complexity index is 989. The van der Waals surface area contributed by atoms with Crippen molar-refractivity contribution < 1.29 is 29.4 Å². The second-order valence-corrected chi connectivity index (χ2v) is 8.22. The highest BCUT2D eigenvalue weighted by atomic mass is 16.4. The molecule has 1 aromatic heterocycles. The number of nitrogens with one attached hydrogen (secondary N) is 4. The number of hydrogen-bond acceptors (Lipinski definition) is 6. The van der Waals surface area contributed by atoms with Crippen LogP contribution < -0.4 is 21.7 Å². The summed E-state index contributed by atoms with van der Waals surface area (Å²) >= 11 is 0. The maximum atomic E-state index is 13.0. The van der Waals surface area contributed by atoms with E-state index < -0.39 is 55.0 Å². The first-order valence-electron chi connectivity index (χ1n) is 10.6. The minimum atomic E-state index is -1.39. The van der Waals surface area contributed by atoms with E-state index in [1.807, 2.05) is 38.1 Å². The summed E-state index contributed by atoms with van der Waals surface area (Å²) in [5.74, 6) is -3.19. The van der Waals surface area contributed by atoms with Crippen molar-refractivity contribution in [2.75, 3.05) is 13.2 Å². The molecule has 2 rings (SSSR count). The number of benzene rings is 1. The number of amides is 3. The highest BCUT2D eigenvalue weighted by molar-refractivity contribution is 5.94. The van der Waals surface area contributed by atoms with Gasteiger partial charge in [0.05, 0.1) is 12.6 Å². The minimum absolute atomic E-state index is 0.102. The summed E-state index contributed by atoms with van der Waals surface area (Å²) in [7, 11) is 0. The molecule has 0 spiro atoms. The molecule has 11 nitrogen and oxygen atoms in total. The van der Waals surface area contributed by atoms with E-state index in [4.69, 9.17) is 10.8 Å². The Morgan fingerprint density at radius 3 is 2.33 bits per heavy atom. The zero-order chi connectivity index (χ0) is 24.5. The molecule has 0 bridgehead atoms. The molecule has 0 radical (unpaired) electrons. The van der Waals surface area contributed by atoms with Crippen LogP contribution in [0.25, 0.3) is 10.9 Å². The van der Waals surface area contributed by atoms with Crippen LogP contribution in [-0.4, -0.2) is 70.2 Å². The molecular formula is C22H31N5O6. The molecule has 0 aliphatic heterocycles. The number of aliphatic carboxylic acids is 1. The summed E-state index contributed by atoms with van der Waals surface area (Å²) < 4.78 is 0. The molecule has 8 N–H and O–H groups in total. The molecule has 0 saturated carbocycles. The summed E-state index contributed by atoms with van der Waals surface area (Å²) in [5.41, 5.74) is 7.58. The minimum Gasteiger partial charge on any atom is -0.480 e. The molecular weight excluding hydrogens is 430 g/mol. The third-order valence-corrected chi connectivity index (χ3v) is 5.02. The Balaban J connectivity index is 2.21. The Kier molecular flexibility index (Phi) is 9.37. The first-order chi connectivity index (χ1) is 15.6. The predicted molar refractivity (Wildman–Crippen MR) is 121 cm³/mol. The van der Waals surface area contributed by atoms with Crippen molar-refractivity contribution in [2.24, 2.45) is 11.7 Å². The summed E-state index contributed by atoms with van der Waals surface area (Å²) in [6.07, 6.45) is 2.25. The van der Waals surface area contributed by atoms with Crippen LogP contribution in [0.4, 0.5) is 0 Å². The zero-order valence-corrected chi connectivity index (χ0v) is 18.6. The molecule has 0 saturated heterocycles. The molecule has 180 valence electrons. The first kappa shape index (κ1) is 25.8. The van der Waals surface area contributed by atoms with Gasteiger partial charge in [0.15, 0.2) is 0 Å². The summed E-state index contributed by atoms with van der Waals surface area (Å²) in [4.78, 5) is 51.5.